The van der Waals surface area contributed by atoms with Crippen molar-refractivity contribution in [3.63, 3.8) is 0 Å². The Bertz CT molecular complexity index is 99.7. The molecule has 0 saturated heterocycles. The first-order chi connectivity index (χ1) is 5.20. The summed E-state index contributed by atoms with van der Waals surface area (Å²) in [5.74, 6) is 0. The van der Waals surface area contributed by atoms with Gasteiger partial charge in [0.05, 0.1) is 0 Å². The van der Waals surface area contributed by atoms with Gasteiger partial charge >= 0.3 is 0 Å². The van der Waals surface area contributed by atoms with Gasteiger partial charge in [0.25, 0.3) is 0 Å². The molecule has 0 aromatic carbocycles. The predicted molar refractivity (Wildman–Crippen MR) is 50.6 cm³/mol. The molecule has 2 N–H and O–H groups in total. The van der Waals surface area contributed by atoms with Crippen molar-refractivity contribution in [3.05, 3.63) is 12.7 Å². The van der Waals surface area contributed by atoms with Crippen LogP contribution in [0.25, 0.3) is 0 Å². The van der Waals surface area contributed by atoms with Crippen LogP contribution in [-0.2, 0) is 0 Å². The van der Waals surface area contributed by atoms with E-state index in [4.69, 9.17) is 5.73 Å². The molecule has 0 aliphatic carbocycles. The molecular formula is C9H20N2. The second kappa shape index (κ2) is 6.38. The van der Waals surface area contributed by atoms with Gasteiger partial charge in [-0.2, -0.15) is 0 Å². The zero-order valence-corrected chi connectivity index (χ0v) is 7.71. The third-order valence-electron chi connectivity index (χ3n) is 1.74. The molecule has 11 heavy (non-hydrogen) atoms. The average Bonchev–Trinajstić information content (AvgIpc) is 1.97. The van der Waals surface area contributed by atoms with Crippen LogP contribution in [0, 0.1) is 0 Å². The fourth-order valence-electron chi connectivity index (χ4n) is 0.947. The van der Waals surface area contributed by atoms with E-state index in [0.29, 0.717) is 6.04 Å². The van der Waals surface area contributed by atoms with Crippen molar-refractivity contribution in [1.29, 1.82) is 0 Å². The molecule has 0 fully saturated rings. The summed E-state index contributed by atoms with van der Waals surface area (Å²) in [6, 6.07) is 0.314. The summed E-state index contributed by atoms with van der Waals surface area (Å²) < 4.78 is 0. The van der Waals surface area contributed by atoms with Crippen molar-refractivity contribution in [2.24, 2.45) is 5.73 Å². The molecule has 0 aliphatic rings. The number of hydrogen-bond acceptors (Lipinski definition) is 2. The summed E-state index contributed by atoms with van der Waals surface area (Å²) in [7, 11) is 0. The smallest absolute Gasteiger partial charge is 0.0160 e. The van der Waals surface area contributed by atoms with Crippen molar-refractivity contribution < 1.29 is 0 Å². The van der Waals surface area contributed by atoms with Gasteiger partial charge in [0.2, 0.25) is 0 Å². The average molecular weight is 156 g/mol. The Kier molecular flexibility index (Phi) is 6.18. The molecule has 0 saturated carbocycles. The fraction of sp³-hybridized carbons (Fsp3) is 0.778. The number of hydrogen-bond donors (Lipinski definition) is 1. The van der Waals surface area contributed by atoms with E-state index in [9.17, 15) is 0 Å². The van der Waals surface area contributed by atoms with Crippen molar-refractivity contribution >= 4 is 0 Å². The van der Waals surface area contributed by atoms with Crippen LogP contribution in [0.5, 0.6) is 0 Å². The summed E-state index contributed by atoms with van der Waals surface area (Å²) in [5.41, 5.74) is 5.64. The van der Waals surface area contributed by atoms with Crippen LogP contribution in [-0.4, -0.2) is 30.6 Å². The predicted octanol–water partition coefficient (Wildman–Crippen LogP) is 1.23. The summed E-state index contributed by atoms with van der Waals surface area (Å²) >= 11 is 0. The summed E-state index contributed by atoms with van der Waals surface area (Å²) in [4.78, 5) is 2.33. The molecule has 0 aromatic heterocycles. The van der Waals surface area contributed by atoms with Gasteiger partial charge in [-0.3, -0.25) is 4.90 Å². The first kappa shape index (κ1) is 10.7. The molecule has 1 unspecified atom stereocenters. The maximum atomic E-state index is 5.64. The van der Waals surface area contributed by atoms with Crippen LogP contribution in [0.15, 0.2) is 12.7 Å². The molecule has 0 aromatic rings. The molecule has 0 aliphatic heterocycles. The normalized spacial score (nSPS) is 13.5. The number of likely N-dealkylation sites (N-methyl/N-ethyl adjacent to an activating group) is 1. The molecule has 0 bridgehead atoms. The minimum atomic E-state index is 0.314. The summed E-state index contributed by atoms with van der Waals surface area (Å²) in [6.45, 7) is 11.0. The van der Waals surface area contributed by atoms with E-state index in [2.05, 4.69) is 18.4 Å². The minimum absolute atomic E-state index is 0.314. The Labute approximate surface area is 70.1 Å². The topological polar surface area (TPSA) is 29.3 Å². The van der Waals surface area contributed by atoms with Crippen molar-refractivity contribution in [1.82, 2.24) is 4.90 Å². The lowest BCUT2D eigenvalue weighted by atomic mass is 10.2. The van der Waals surface area contributed by atoms with Crippen LogP contribution in [0.3, 0.4) is 0 Å². The van der Waals surface area contributed by atoms with Gasteiger partial charge in [0, 0.05) is 12.6 Å². The van der Waals surface area contributed by atoms with Gasteiger partial charge in [-0.1, -0.05) is 13.0 Å². The zero-order valence-electron chi connectivity index (χ0n) is 7.71. The highest BCUT2D eigenvalue weighted by Gasteiger charge is 2.00. The lowest BCUT2D eigenvalue weighted by molar-refractivity contribution is 0.307. The standard InChI is InChI=1S/C9H20N2/c1-4-7-11(5-2)8-6-9(3)10/h4,9H,1,5-8,10H2,2-3H3. The molecule has 2 heteroatoms. The van der Waals surface area contributed by atoms with Gasteiger partial charge in [-0.05, 0) is 26.4 Å². The van der Waals surface area contributed by atoms with Crippen LogP contribution in [0.2, 0.25) is 0 Å². The molecule has 1 atom stereocenters. The molecule has 2 nitrogen and oxygen atoms in total. The van der Waals surface area contributed by atoms with Gasteiger partial charge < -0.3 is 5.73 Å². The van der Waals surface area contributed by atoms with Crippen LogP contribution in [0.4, 0.5) is 0 Å². The highest BCUT2D eigenvalue weighted by molar-refractivity contribution is 4.73. The van der Waals surface area contributed by atoms with E-state index >= 15 is 0 Å². The van der Waals surface area contributed by atoms with E-state index in [1.54, 1.807) is 0 Å². The first-order valence-electron chi connectivity index (χ1n) is 4.29. The van der Waals surface area contributed by atoms with Crippen LogP contribution >= 0.6 is 0 Å². The second-order valence-electron chi connectivity index (χ2n) is 2.95. The highest BCUT2D eigenvalue weighted by atomic mass is 15.1. The SMILES string of the molecule is C=CCN(CC)CCC(C)N. The highest BCUT2D eigenvalue weighted by Crippen LogP contribution is 1.93. The van der Waals surface area contributed by atoms with Crippen molar-refractivity contribution in [2.75, 3.05) is 19.6 Å². The maximum absolute atomic E-state index is 5.64. The Balaban J connectivity index is 3.43. The Morgan fingerprint density at radius 1 is 1.64 bits per heavy atom. The second-order valence-corrected chi connectivity index (χ2v) is 2.95. The van der Waals surface area contributed by atoms with Gasteiger partial charge in [-0.25, -0.2) is 0 Å². The monoisotopic (exact) mass is 156 g/mol. The first-order valence-corrected chi connectivity index (χ1v) is 4.29. The van der Waals surface area contributed by atoms with Gasteiger partial charge in [0.1, 0.15) is 0 Å². The molecule has 0 amide bonds. The van der Waals surface area contributed by atoms with E-state index in [-0.39, 0.29) is 0 Å². The largest absolute Gasteiger partial charge is 0.328 e. The van der Waals surface area contributed by atoms with E-state index in [0.717, 1.165) is 26.1 Å². The third-order valence-corrected chi connectivity index (χ3v) is 1.74. The number of nitrogens with zero attached hydrogens (tertiary/aromatic N) is 1. The van der Waals surface area contributed by atoms with Gasteiger partial charge in [0.15, 0.2) is 0 Å². The molecule has 66 valence electrons. The molecule has 0 radical (unpaired) electrons. The van der Waals surface area contributed by atoms with Gasteiger partial charge in [-0.15, -0.1) is 6.58 Å². The quantitative estimate of drug-likeness (QED) is 0.586. The Morgan fingerprint density at radius 2 is 2.27 bits per heavy atom. The van der Waals surface area contributed by atoms with E-state index < -0.39 is 0 Å². The summed E-state index contributed by atoms with van der Waals surface area (Å²) in [5, 5.41) is 0. The third kappa shape index (κ3) is 6.07. The molecular weight excluding hydrogens is 136 g/mol. The number of nitrogens with two attached hydrogens (primary N) is 1. The van der Waals surface area contributed by atoms with Crippen LogP contribution < -0.4 is 5.73 Å². The van der Waals surface area contributed by atoms with E-state index in [1.807, 2.05) is 13.0 Å². The molecule has 0 spiro atoms. The van der Waals surface area contributed by atoms with Crippen molar-refractivity contribution in [3.8, 4) is 0 Å². The van der Waals surface area contributed by atoms with Crippen LogP contribution in [0.1, 0.15) is 20.3 Å². The molecule has 0 rings (SSSR count). The van der Waals surface area contributed by atoms with Crippen molar-refractivity contribution in [2.45, 2.75) is 26.3 Å². The Morgan fingerprint density at radius 3 is 2.64 bits per heavy atom. The minimum Gasteiger partial charge on any atom is -0.328 e. The number of rotatable bonds is 6. The summed E-state index contributed by atoms with van der Waals surface area (Å²) in [6.07, 6.45) is 3.01. The van der Waals surface area contributed by atoms with E-state index in [1.165, 1.54) is 0 Å². The Hall–Kier alpha value is -0.340. The maximum Gasteiger partial charge on any atom is 0.0160 e. The zero-order chi connectivity index (χ0) is 8.69. The lowest BCUT2D eigenvalue weighted by Crippen LogP contribution is -2.29. The fourth-order valence-corrected chi connectivity index (χ4v) is 0.947. The molecule has 0 heterocycles. The lowest BCUT2D eigenvalue weighted by Gasteiger charge is -2.18.